The fourth-order valence-electron chi connectivity index (χ4n) is 5.36. The maximum atomic E-state index is 4.72. The minimum Gasteiger partial charge on any atom is -0.253 e. The molecule has 4 aromatic carbocycles. The molecule has 0 spiro atoms. The highest BCUT2D eigenvalue weighted by molar-refractivity contribution is 7.13. The summed E-state index contributed by atoms with van der Waals surface area (Å²) >= 11 is 3.21. The van der Waals surface area contributed by atoms with Gasteiger partial charge in [-0.3, -0.25) is 9.97 Å². The molecular formula is C32H18N4S2. The molecule has 0 aliphatic heterocycles. The molecule has 0 bridgehead atoms. The fraction of sp³-hybridized carbons (Fsp3) is 0. The van der Waals surface area contributed by atoms with Crippen molar-refractivity contribution in [3.8, 4) is 43.7 Å². The lowest BCUT2D eigenvalue weighted by molar-refractivity contribution is 1.29. The highest BCUT2D eigenvalue weighted by Crippen LogP contribution is 2.42. The zero-order valence-electron chi connectivity index (χ0n) is 20.0. The maximum Gasteiger partial charge on any atom is 0.141 e. The van der Waals surface area contributed by atoms with Crippen LogP contribution in [0.5, 0.6) is 0 Å². The van der Waals surface area contributed by atoms with Crippen LogP contribution >= 0.6 is 22.7 Å². The van der Waals surface area contributed by atoms with E-state index in [4.69, 9.17) is 9.97 Å². The quantitative estimate of drug-likeness (QED) is 0.217. The molecule has 6 heteroatoms. The van der Waals surface area contributed by atoms with Gasteiger partial charge in [-0.05, 0) is 55.6 Å². The normalized spacial score (nSPS) is 11.7. The number of benzene rings is 4. The first-order valence-electron chi connectivity index (χ1n) is 12.3. The zero-order valence-corrected chi connectivity index (χ0v) is 21.6. The lowest BCUT2D eigenvalue weighted by Crippen LogP contribution is -1.91. The van der Waals surface area contributed by atoms with Crippen LogP contribution in [0, 0.1) is 0 Å². The second-order valence-corrected chi connectivity index (χ2v) is 11.0. The Bertz CT molecular complexity index is 1890. The molecule has 0 atom stereocenters. The van der Waals surface area contributed by atoms with Gasteiger partial charge in [0, 0.05) is 46.7 Å². The van der Waals surface area contributed by atoms with Crippen LogP contribution in [-0.4, -0.2) is 19.9 Å². The van der Waals surface area contributed by atoms with E-state index in [2.05, 4.69) is 82.8 Å². The van der Waals surface area contributed by atoms with Crippen LogP contribution in [-0.2, 0) is 0 Å². The summed E-state index contributed by atoms with van der Waals surface area (Å²) in [5.41, 5.74) is 6.38. The standard InChI is InChI=1S/C32H18N4S2/c1-7-23(21-5-11-27(35-17-21)31-33-13-15-37-31)25-10-4-20-2-8-24(26-9-3-19(1)29(25)30(20)26)22-6-12-28(36-18-22)32-34-14-16-38-32/h1-18H. The molecule has 0 saturated heterocycles. The van der Waals surface area contributed by atoms with Crippen molar-refractivity contribution in [2.75, 3.05) is 0 Å². The summed E-state index contributed by atoms with van der Waals surface area (Å²) in [5.74, 6) is 0. The Labute approximate surface area is 226 Å². The molecule has 0 saturated carbocycles. The van der Waals surface area contributed by atoms with Crippen LogP contribution < -0.4 is 0 Å². The van der Waals surface area contributed by atoms with Crippen LogP contribution in [0.4, 0.5) is 0 Å². The Morgan fingerprint density at radius 2 is 0.921 bits per heavy atom. The molecule has 4 aromatic heterocycles. The predicted molar refractivity (Wildman–Crippen MR) is 159 cm³/mol. The molecule has 38 heavy (non-hydrogen) atoms. The van der Waals surface area contributed by atoms with Gasteiger partial charge in [-0.15, -0.1) is 22.7 Å². The van der Waals surface area contributed by atoms with E-state index in [9.17, 15) is 0 Å². The molecule has 0 aliphatic rings. The molecule has 0 radical (unpaired) electrons. The van der Waals surface area contributed by atoms with Gasteiger partial charge in [0.1, 0.15) is 10.0 Å². The van der Waals surface area contributed by atoms with Gasteiger partial charge in [0.25, 0.3) is 0 Å². The summed E-state index contributed by atoms with van der Waals surface area (Å²) in [6.07, 6.45) is 7.56. The summed E-state index contributed by atoms with van der Waals surface area (Å²) < 4.78 is 0. The second kappa shape index (κ2) is 8.52. The Kier molecular flexibility index (Phi) is 4.83. The van der Waals surface area contributed by atoms with E-state index in [-0.39, 0.29) is 0 Å². The number of nitrogens with zero attached hydrogens (tertiary/aromatic N) is 4. The minimum atomic E-state index is 0.903. The molecule has 0 fully saturated rings. The highest BCUT2D eigenvalue weighted by atomic mass is 32.1. The number of pyridine rings is 2. The van der Waals surface area contributed by atoms with Crippen LogP contribution in [0.1, 0.15) is 0 Å². The van der Waals surface area contributed by atoms with Crippen molar-refractivity contribution in [1.82, 2.24) is 19.9 Å². The van der Waals surface area contributed by atoms with E-state index in [0.29, 0.717) is 0 Å². The van der Waals surface area contributed by atoms with Crippen LogP contribution in [0.15, 0.2) is 108 Å². The topological polar surface area (TPSA) is 51.6 Å². The van der Waals surface area contributed by atoms with Crippen LogP contribution in [0.3, 0.4) is 0 Å². The first-order chi connectivity index (χ1) is 18.8. The van der Waals surface area contributed by atoms with Gasteiger partial charge in [0.15, 0.2) is 0 Å². The van der Waals surface area contributed by atoms with Gasteiger partial charge < -0.3 is 0 Å². The van der Waals surface area contributed by atoms with E-state index in [1.807, 2.05) is 35.5 Å². The maximum absolute atomic E-state index is 4.72. The largest absolute Gasteiger partial charge is 0.253 e. The summed E-state index contributed by atoms with van der Waals surface area (Å²) in [5, 5.41) is 13.4. The van der Waals surface area contributed by atoms with Crippen molar-refractivity contribution in [3.05, 3.63) is 108 Å². The van der Waals surface area contributed by atoms with Crippen molar-refractivity contribution in [1.29, 1.82) is 0 Å². The summed E-state index contributed by atoms with van der Waals surface area (Å²) in [6, 6.07) is 26.3. The van der Waals surface area contributed by atoms with E-state index >= 15 is 0 Å². The molecule has 0 unspecified atom stereocenters. The number of aromatic nitrogens is 4. The van der Waals surface area contributed by atoms with Gasteiger partial charge in [0.05, 0.1) is 11.4 Å². The third-order valence-corrected chi connectivity index (χ3v) is 8.71. The van der Waals surface area contributed by atoms with Crippen molar-refractivity contribution in [3.63, 3.8) is 0 Å². The van der Waals surface area contributed by atoms with Crippen LogP contribution in [0.2, 0.25) is 0 Å². The molecule has 8 aromatic rings. The fourth-order valence-corrected chi connectivity index (χ4v) is 6.59. The van der Waals surface area contributed by atoms with Crippen molar-refractivity contribution in [2.45, 2.75) is 0 Å². The first kappa shape index (κ1) is 21.6. The molecular weight excluding hydrogens is 505 g/mol. The summed E-state index contributed by atoms with van der Waals surface area (Å²) in [4.78, 5) is 18.2. The van der Waals surface area contributed by atoms with E-state index in [1.165, 1.54) is 43.4 Å². The molecule has 178 valence electrons. The molecule has 8 rings (SSSR count). The van der Waals surface area contributed by atoms with Gasteiger partial charge in [0.2, 0.25) is 0 Å². The second-order valence-electron chi connectivity index (χ2n) is 9.19. The Balaban J connectivity index is 1.29. The van der Waals surface area contributed by atoms with E-state index < -0.39 is 0 Å². The van der Waals surface area contributed by atoms with Crippen molar-refractivity contribution >= 4 is 55.0 Å². The Morgan fingerprint density at radius 1 is 0.447 bits per heavy atom. The average molecular weight is 523 g/mol. The van der Waals surface area contributed by atoms with E-state index in [0.717, 1.165) is 32.5 Å². The van der Waals surface area contributed by atoms with E-state index in [1.54, 1.807) is 22.7 Å². The summed E-state index contributed by atoms with van der Waals surface area (Å²) in [6.45, 7) is 0. The first-order valence-corrected chi connectivity index (χ1v) is 14.0. The third kappa shape index (κ3) is 3.35. The summed E-state index contributed by atoms with van der Waals surface area (Å²) in [7, 11) is 0. The lowest BCUT2D eigenvalue weighted by atomic mass is 9.87. The van der Waals surface area contributed by atoms with Gasteiger partial charge >= 0.3 is 0 Å². The predicted octanol–water partition coefficient (Wildman–Crippen LogP) is 8.95. The number of hydrogen-bond donors (Lipinski definition) is 0. The third-order valence-electron chi connectivity index (χ3n) is 7.12. The highest BCUT2D eigenvalue weighted by Gasteiger charge is 2.15. The average Bonchev–Trinajstić information content (AvgIpc) is 3.72. The minimum absolute atomic E-state index is 0.903. The van der Waals surface area contributed by atoms with Gasteiger partial charge in [-0.1, -0.05) is 60.7 Å². The van der Waals surface area contributed by atoms with Crippen molar-refractivity contribution in [2.24, 2.45) is 0 Å². The number of hydrogen-bond acceptors (Lipinski definition) is 6. The van der Waals surface area contributed by atoms with Gasteiger partial charge in [-0.25, -0.2) is 9.97 Å². The zero-order chi connectivity index (χ0) is 25.1. The molecule has 0 amide bonds. The molecule has 4 nitrogen and oxygen atoms in total. The van der Waals surface area contributed by atoms with Gasteiger partial charge in [-0.2, -0.15) is 0 Å². The molecule has 4 heterocycles. The number of rotatable bonds is 4. The molecule has 0 N–H and O–H groups in total. The SMILES string of the molecule is c1csc(-c2ccc(-c3ccc4ccc5c(-c6ccc(-c7nccs7)nc6)ccc6ccc3c4c65)cn2)n1. The van der Waals surface area contributed by atoms with Crippen molar-refractivity contribution < 1.29 is 0 Å². The molecule has 0 aliphatic carbocycles. The van der Waals surface area contributed by atoms with Crippen LogP contribution in [0.25, 0.3) is 76.0 Å². The monoisotopic (exact) mass is 522 g/mol. The lowest BCUT2D eigenvalue weighted by Gasteiger charge is -2.16. The Morgan fingerprint density at radius 3 is 1.32 bits per heavy atom. The Hall–Kier alpha value is -4.52. The smallest absolute Gasteiger partial charge is 0.141 e. The number of thiazole rings is 2.